The fraction of sp³-hybridized carbons (Fsp3) is 0.312. The van der Waals surface area contributed by atoms with Gasteiger partial charge in [-0.2, -0.15) is 5.10 Å². The topological polar surface area (TPSA) is 52.8 Å². The van der Waals surface area contributed by atoms with E-state index in [9.17, 15) is 0 Å². The Morgan fingerprint density at radius 1 is 1.10 bits per heavy atom. The standard InChI is InChI=1S/C16H18N4O/c1-2-3-7-10-21-15-12-17-16-14(19-15)11-18-20(16)13-8-5-4-6-9-13/h4-6,8-9,11-12H,2-3,7,10H2,1H3. The highest BCUT2D eigenvalue weighted by atomic mass is 16.5. The van der Waals surface area contributed by atoms with Crippen molar-refractivity contribution in [2.45, 2.75) is 26.2 Å². The van der Waals surface area contributed by atoms with E-state index in [1.165, 1.54) is 12.8 Å². The van der Waals surface area contributed by atoms with Gasteiger partial charge in [-0.1, -0.05) is 38.0 Å². The first kappa shape index (κ1) is 13.5. The zero-order chi connectivity index (χ0) is 14.5. The first-order valence-electron chi connectivity index (χ1n) is 7.27. The summed E-state index contributed by atoms with van der Waals surface area (Å²) in [5, 5.41) is 4.35. The molecule has 0 aliphatic carbocycles. The van der Waals surface area contributed by atoms with Crippen LogP contribution in [0.2, 0.25) is 0 Å². The molecule has 5 heteroatoms. The highest BCUT2D eigenvalue weighted by Crippen LogP contribution is 2.17. The summed E-state index contributed by atoms with van der Waals surface area (Å²) in [6, 6.07) is 9.90. The third-order valence-electron chi connectivity index (χ3n) is 3.25. The summed E-state index contributed by atoms with van der Waals surface area (Å²) >= 11 is 0. The summed E-state index contributed by atoms with van der Waals surface area (Å²) in [5.74, 6) is 0.561. The highest BCUT2D eigenvalue weighted by Gasteiger charge is 2.08. The zero-order valence-electron chi connectivity index (χ0n) is 12.1. The van der Waals surface area contributed by atoms with Crippen molar-refractivity contribution in [2.24, 2.45) is 0 Å². The third kappa shape index (κ3) is 3.02. The van der Waals surface area contributed by atoms with Gasteiger partial charge in [0.2, 0.25) is 5.88 Å². The molecular weight excluding hydrogens is 264 g/mol. The minimum atomic E-state index is 0.561. The molecule has 0 spiro atoms. The lowest BCUT2D eigenvalue weighted by Gasteiger charge is -2.05. The van der Waals surface area contributed by atoms with Gasteiger partial charge in [-0.15, -0.1) is 0 Å². The molecule has 3 aromatic rings. The molecule has 21 heavy (non-hydrogen) atoms. The van der Waals surface area contributed by atoms with E-state index in [-0.39, 0.29) is 0 Å². The lowest BCUT2D eigenvalue weighted by Crippen LogP contribution is -2.01. The van der Waals surface area contributed by atoms with Gasteiger partial charge in [0.1, 0.15) is 5.52 Å². The Morgan fingerprint density at radius 2 is 1.95 bits per heavy atom. The smallest absolute Gasteiger partial charge is 0.233 e. The minimum absolute atomic E-state index is 0.561. The molecule has 3 rings (SSSR count). The summed E-state index contributed by atoms with van der Waals surface area (Å²) in [4.78, 5) is 8.88. The molecule has 0 amide bonds. The van der Waals surface area contributed by atoms with Crippen LogP contribution in [0.1, 0.15) is 26.2 Å². The molecule has 0 atom stereocenters. The Labute approximate surface area is 123 Å². The Kier molecular flexibility index (Phi) is 4.09. The van der Waals surface area contributed by atoms with Gasteiger partial charge < -0.3 is 4.74 Å². The van der Waals surface area contributed by atoms with Crippen molar-refractivity contribution in [3.05, 3.63) is 42.7 Å². The van der Waals surface area contributed by atoms with Crippen LogP contribution in [0.15, 0.2) is 42.7 Å². The number of benzene rings is 1. The SMILES string of the molecule is CCCCCOc1cnc2c(cnn2-c2ccccc2)n1. The number of ether oxygens (including phenoxy) is 1. The van der Waals surface area contributed by atoms with Gasteiger partial charge in [-0.05, 0) is 18.6 Å². The predicted molar refractivity (Wildman–Crippen MR) is 81.7 cm³/mol. The molecule has 0 saturated carbocycles. The molecule has 2 aromatic heterocycles. The van der Waals surface area contributed by atoms with E-state index in [0.29, 0.717) is 12.5 Å². The molecule has 0 N–H and O–H groups in total. The number of hydrogen-bond donors (Lipinski definition) is 0. The third-order valence-corrected chi connectivity index (χ3v) is 3.25. The van der Waals surface area contributed by atoms with Crippen molar-refractivity contribution in [1.82, 2.24) is 19.7 Å². The second kappa shape index (κ2) is 6.35. The maximum absolute atomic E-state index is 5.62. The predicted octanol–water partition coefficient (Wildman–Crippen LogP) is 3.38. The number of para-hydroxylation sites is 1. The molecule has 2 heterocycles. The number of fused-ring (bicyclic) bond motifs is 1. The largest absolute Gasteiger partial charge is 0.477 e. The van der Waals surface area contributed by atoms with Crippen LogP contribution in [0.4, 0.5) is 0 Å². The number of nitrogens with zero attached hydrogens (tertiary/aromatic N) is 4. The van der Waals surface area contributed by atoms with Gasteiger partial charge in [0, 0.05) is 0 Å². The highest BCUT2D eigenvalue weighted by molar-refractivity contribution is 5.71. The molecule has 0 saturated heterocycles. The fourth-order valence-corrected chi connectivity index (χ4v) is 2.15. The Morgan fingerprint density at radius 3 is 2.76 bits per heavy atom. The number of unbranched alkanes of at least 4 members (excludes halogenated alkanes) is 2. The average molecular weight is 282 g/mol. The zero-order valence-corrected chi connectivity index (χ0v) is 12.1. The van der Waals surface area contributed by atoms with Crippen molar-refractivity contribution in [3.8, 4) is 11.6 Å². The van der Waals surface area contributed by atoms with Crippen molar-refractivity contribution in [3.63, 3.8) is 0 Å². The first-order valence-corrected chi connectivity index (χ1v) is 7.27. The molecule has 0 radical (unpaired) electrons. The lowest BCUT2D eigenvalue weighted by molar-refractivity contribution is 0.295. The molecule has 1 aromatic carbocycles. The fourth-order valence-electron chi connectivity index (χ4n) is 2.15. The summed E-state index contributed by atoms with van der Waals surface area (Å²) in [6.45, 7) is 2.85. The van der Waals surface area contributed by atoms with Gasteiger partial charge in [0.25, 0.3) is 0 Å². The van der Waals surface area contributed by atoms with Crippen molar-refractivity contribution < 1.29 is 4.74 Å². The van der Waals surface area contributed by atoms with E-state index in [1.54, 1.807) is 17.1 Å². The Hall–Kier alpha value is -2.43. The molecular formula is C16H18N4O. The monoisotopic (exact) mass is 282 g/mol. The second-order valence-electron chi connectivity index (χ2n) is 4.86. The van der Waals surface area contributed by atoms with Crippen LogP contribution in [0.3, 0.4) is 0 Å². The number of aromatic nitrogens is 4. The van der Waals surface area contributed by atoms with Crippen LogP contribution in [0, 0.1) is 0 Å². The van der Waals surface area contributed by atoms with E-state index in [0.717, 1.165) is 23.3 Å². The van der Waals surface area contributed by atoms with E-state index in [1.807, 2.05) is 30.3 Å². The molecule has 0 aliphatic rings. The van der Waals surface area contributed by atoms with Gasteiger partial charge in [0.05, 0.1) is 24.7 Å². The van der Waals surface area contributed by atoms with Crippen molar-refractivity contribution in [2.75, 3.05) is 6.61 Å². The molecule has 0 fully saturated rings. The minimum Gasteiger partial charge on any atom is -0.477 e. The maximum Gasteiger partial charge on any atom is 0.233 e. The van der Waals surface area contributed by atoms with Gasteiger partial charge in [-0.3, -0.25) is 0 Å². The Bertz CT molecular complexity index is 709. The average Bonchev–Trinajstić information content (AvgIpc) is 2.95. The molecule has 108 valence electrons. The number of hydrogen-bond acceptors (Lipinski definition) is 4. The van der Waals surface area contributed by atoms with Crippen LogP contribution in [-0.4, -0.2) is 26.4 Å². The van der Waals surface area contributed by atoms with Gasteiger partial charge in [0.15, 0.2) is 5.65 Å². The van der Waals surface area contributed by atoms with Crippen molar-refractivity contribution >= 4 is 11.2 Å². The van der Waals surface area contributed by atoms with E-state index in [2.05, 4.69) is 22.0 Å². The van der Waals surface area contributed by atoms with E-state index >= 15 is 0 Å². The van der Waals surface area contributed by atoms with Crippen LogP contribution < -0.4 is 4.74 Å². The molecule has 0 unspecified atom stereocenters. The van der Waals surface area contributed by atoms with E-state index < -0.39 is 0 Å². The molecule has 0 aliphatic heterocycles. The van der Waals surface area contributed by atoms with Crippen molar-refractivity contribution in [1.29, 1.82) is 0 Å². The maximum atomic E-state index is 5.62. The normalized spacial score (nSPS) is 10.9. The van der Waals surface area contributed by atoms with Gasteiger partial charge >= 0.3 is 0 Å². The first-order chi connectivity index (χ1) is 10.4. The summed E-state index contributed by atoms with van der Waals surface area (Å²) < 4.78 is 7.40. The molecule has 0 bridgehead atoms. The second-order valence-corrected chi connectivity index (χ2v) is 4.86. The van der Waals surface area contributed by atoms with Crippen LogP contribution in [-0.2, 0) is 0 Å². The summed E-state index contributed by atoms with van der Waals surface area (Å²) in [6.07, 6.45) is 6.77. The molecule has 5 nitrogen and oxygen atoms in total. The van der Waals surface area contributed by atoms with Crippen LogP contribution >= 0.6 is 0 Å². The Balaban J connectivity index is 1.81. The van der Waals surface area contributed by atoms with E-state index in [4.69, 9.17) is 4.74 Å². The summed E-state index contributed by atoms with van der Waals surface area (Å²) in [5.41, 5.74) is 2.45. The lowest BCUT2D eigenvalue weighted by atomic mass is 10.3. The van der Waals surface area contributed by atoms with Crippen LogP contribution in [0.5, 0.6) is 5.88 Å². The van der Waals surface area contributed by atoms with Gasteiger partial charge in [-0.25, -0.2) is 14.6 Å². The van der Waals surface area contributed by atoms with Crippen LogP contribution in [0.25, 0.3) is 16.9 Å². The quantitative estimate of drug-likeness (QED) is 0.650. The summed E-state index contributed by atoms with van der Waals surface area (Å²) in [7, 11) is 0. The number of rotatable bonds is 6.